The van der Waals surface area contributed by atoms with Gasteiger partial charge in [-0.1, -0.05) is 42.5 Å². The van der Waals surface area contributed by atoms with E-state index in [-0.39, 0.29) is 16.6 Å². The van der Waals surface area contributed by atoms with Gasteiger partial charge in [0.2, 0.25) is 10.0 Å². The molecule has 0 saturated carbocycles. The topological polar surface area (TPSA) is 116 Å². The number of sulfonamides is 1. The lowest BCUT2D eigenvalue weighted by atomic mass is 9.89. The first-order valence-corrected chi connectivity index (χ1v) is 12.9. The minimum atomic E-state index is -4.10. The summed E-state index contributed by atoms with van der Waals surface area (Å²) < 4.78 is 41.7. The van der Waals surface area contributed by atoms with Crippen LogP contribution in [0.1, 0.15) is 23.2 Å². The molecule has 3 aromatic rings. The standard InChI is InChI=1S/C26H26FN3O5S/c27-22-10-6-18(7-11-22)19-8-12-23(13-9-19)36(34,35)29-24(25(31)28-33)20-14-16-30(17-15-20)26(32)21-4-2-1-3-5-21/h1-13,20,24,29,33H,14-17H2,(H,28,31)/t24-/m1/s1. The Morgan fingerprint density at radius 2 is 1.44 bits per heavy atom. The Hall–Kier alpha value is -3.60. The van der Waals surface area contributed by atoms with Gasteiger partial charge in [-0.25, -0.2) is 18.3 Å². The molecule has 3 aromatic carbocycles. The number of likely N-dealkylation sites (tertiary alicyclic amines) is 1. The predicted molar refractivity (Wildman–Crippen MR) is 131 cm³/mol. The summed E-state index contributed by atoms with van der Waals surface area (Å²) in [5, 5.41) is 9.25. The number of carbonyl (C=O) groups is 2. The lowest BCUT2D eigenvalue weighted by molar-refractivity contribution is -0.132. The van der Waals surface area contributed by atoms with E-state index in [9.17, 15) is 27.6 Å². The highest BCUT2D eigenvalue weighted by Gasteiger charge is 2.36. The van der Waals surface area contributed by atoms with Crippen LogP contribution in [0.3, 0.4) is 0 Å². The molecule has 1 aliphatic heterocycles. The number of hydrogen-bond donors (Lipinski definition) is 3. The second-order valence-corrected chi connectivity index (χ2v) is 10.3. The molecular weight excluding hydrogens is 485 g/mol. The summed E-state index contributed by atoms with van der Waals surface area (Å²) in [5.41, 5.74) is 3.54. The maximum atomic E-state index is 13.2. The number of piperidine rings is 1. The zero-order chi connectivity index (χ0) is 25.7. The Morgan fingerprint density at radius 3 is 2.00 bits per heavy atom. The molecule has 4 rings (SSSR count). The smallest absolute Gasteiger partial charge is 0.261 e. The largest absolute Gasteiger partial charge is 0.339 e. The molecule has 1 fully saturated rings. The first kappa shape index (κ1) is 25.5. The van der Waals surface area contributed by atoms with Crippen molar-refractivity contribution >= 4 is 21.8 Å². The molecule has 3 N–H and O–H groups in total. The van der Waals surface area contributed by atoms with E-state index in [1.54, 1.807) is 58.9 Å². The third-order valence-corrected chi connectivity index (χ3v) is 7.79. The van der Waals surface area contributed by atoms with Crippen molar-refractivity contribution in [2.45, 2.75) is 23.8 Å². The van der Waals surface area contributed by atoms with Crippen LogP contribution in [-0.4, -0.2) is 49.5 Å². The quantitative estimate of drug-likeness (QED) is 0.333. The Morgan fingerprint density at radius 1 is 0.889 bits per heavy atom. The van der Waals surface area contributed by atoms with E-state index in [1.165, 1.54) is 24.3 Å². The summed E-state index contributed by atoms with van der Waals surface area (Å²) in [4.78, 5) is 26.7. The summed E-state index contributed by atoms with van der Waals surface area (Å²) in [6.07, 6.45) is 0.755. The average molecular weight is 512 g/mol. The zero-order valence-electron chi connectivity index (χ0n) is 19.3. The van der Waals surface area contributed by atoms with Crippen LogP contribution in [-0.2, 0) is 14.8 Å². The van der Waals surface area contributed by atoms with Gasteiger partial charge in [0, 0.05) is 18.7 Å². The number of hydrogen-bond acceptors (Lipinski definition) is 5. The fraction of sp³-hybridized carbons (Fsp3) is 0.231. The second-order valence-electron chi connectivity index (χ2n) is 8.60. The van der Waals surface area contributed by atoms with Crippen molar-refractivity contribution < 1.29 is 27.6 Å². The maximum Gasteiger partial charge on any atom is 0.261 e. The predicted octanol–water partition coefficient (Wildman–Crippen LogP) is 3.20. The first-order chi connectivity index (χ1) is 17.3. The molecule has 0 bridgehead atoms. The third kappa shape index (κ3) is 5.78. The molecule has 0 unspecified atom stereocenters. The van der Waals surface area contributed by atoms with Gasteiger partial charge in [0.15, 0.2) is 0 Å². The summed E-state index contributed by atoms with van der Waals surface area (Å²) in [7, 11) is -4.10. The van der Waals surface area contributed by atoms with Crippen molar-refractivity contribution in [1.82, 2.24) is 15.1 Å². The lowest BCUT2D eigenvalue weighted by Gasteiger charge is -2.35. The van der Waals surface area contributed by atoms with E-state index in [1.807, 2.05) is 6.07 Å². The van der Waals surface area contributed by atoms with Gasteiger partial charge in [0.05, 0.1) is 4.90 Å². The van der Waals surface area contributed by atoms with E-state index in [0.29, 0.717) is 37.1 Å². The van der Waals surface area contributed by atoms with E-state index in [0.717, 1.165) is 5.56 Å². The van der Waals surface area contributed by atoms with Crippen LogP contribution in [0, 0.1) is 11.7 Å². The molecule has 188 valence electrons. The number of benzene rings is 3. The van der Waals surface area contributed by atoms with Gasteiger partial charge < -0.3 is 4.90 Å². The van der Waals surface area contributed by atoms with Gasteiger partial charge in [0.25, 0.3) is 11.8 Å². The number of amides is 2. The van der Waals surface area contributed by atoms with Gasteiger partial charge in [-0.3, -0.25) is 14.8 Å². The van der Waals surface area contributed by atoms with E-state index < -0.39 is 27.9 Å². The summed E-state index contributed by atoms with van der Waals surface area (Å²) in [6.45, 7) is 0.698. The molecule has 36 heavy (non-hydrogen) atoms. The first-order valence-electron chi connectivity index (χ1n) is 11.4. The SMILES string of the molecule is O=C(NO)[C@H](NS(=O)(=O)c1ccc(-c2ccc(F)cc2)cc1)C1CCN(C(=O)c2ccccc2)CC1. The molecule has 8 nitrogen and oxygen atoms in total. The van der Waals surface area contributed by atoms with Crippen LogP contribution in [0.15, 0.2) is 83.8 Å². The highest BCUT2D eigenvalue weighted by molar-refractivity contribution is 7.89. The number of hydroxylamine groups is 1. The number of nitrogens with one attached hydrogen (secondary N) is 2. The Balaban J connectivity index is 1.45. The van der Waals surface area contributed by atoms with Crippen molar-refractivity contribution in [2.75, 3.05) is 13.1 Å². The van der Waals surface area contributed by atoms with Crippen molar-refractivity contribution in [3.05, 3.63) is 90.2 Å². The lowest BCUT2D eigenvalue weighted by Crippen LogP contribution is -2.53. The van der Waals surface area contributed by atoms with Gasteiger partial charge in [-0.2, -0.15) is 4.72 Å². The number of nitrogens with zero attached hydrogens (tertiary/aromatic N) is 1. The Labute approximate surface area is 208 Å². The van der Waals surface area contributed by atoms with Crippen molar-refractivity contribution in [1.29, 1.82) is 0 Å². The maximum absolute atomic E-state index is 13.2. The second kappa shape index (κ2) is 11.0. The average Bonchev–Trinajstić information content (AvgIpc) is 2.92. The van der Waals surface area contributed by atoms with Gasteiger partial charge in [-0.15, -0.1) is 0 Å². The van der Waals surface area contributed by atoms with E-state index in [4.69, 9.17) is 0 Å². The van der Waals surface area contributed by atoms with Crippen molar-refractivity contribution in [3.8, 4) is 11.1 Å². The van der Waals surface area contributed by atoms with Gasteiger partial charge in [0.1, 0.15) is 11.9 Å². The fourth-order valence-electron chi connectivity index (χ4n) is 4.34. The number of carbonyl (C=O) groups excluding carboxylic acids is 2. The van der Waals surface area contributed by atoms with Crippen molar-refractivity contribution in [3.63, 3.8) is 0 Å². The van der Waals surface area contributed by atoms with E-state index >= 15 is 0 Å². The molecule has 0 spiro atoms. The minimum Gasteiger partial charge on any atom is -0.339 e. The van der Waals surface area contributed by atoms with Crippen LogP contribution >= 0.6 is 0 Å². The normalized spacial score (nSPS) is 15.3. The zero-order valence-corrected chi connectivity index (χ0v) is 20.1. The highest BCUT2D eigenvalue weighted by atomic mass is 32.2. The minimum absolute atomic E-state index is 0.0548. The molecule has 0 radical (unpaired) electrons. The van der Waals surface area contributed by atoms with Crippen LogP contribution in [0.4, 0.5) is 4.39 Å². The van der Waals surface area contributed by atoms with Crippen LogP contribution in [0.25, 0.3) is 11.1 Å². The Bertz CT molecular complexity index is 1310. The monoisotopic (exact) mass is 511 g/mol. The summed E-state index contributed by atoms with van der Waals surface area (Å²) in [5.74, 6) is -1.79. The van der Waals surface area contributed by atoms with Crippen LogP contribution < -0.4 is 10.2 Å². The molecule has 0 aliphatic carbocycles. The van der Waals surface area contributed by atoms with Crippen molar-refractivity contribution in [2.24, 2.45) is 5.92 Å². The number of halogens is 1. The van der Waals surface area contributed by atoms with Crippen LogP contribution in [0.2, 0.25) is 0 Å². The van der Waals surface area contributed by atoms with Gasteiger partial charge in [-0.05, 0) is 66.3 Å². The molecule has 1 aliphatic rings. The molecular formula is C26H26FN3O5S. The summed E-state index contributed by atoms with van der Waals surface area (Å²) >= 11 is 0. The molecule has 1 saturated heterocycles. The number of rotatable bonds is 7. The highest BCUT2D eigenvalue weighted by Crippen LogP contribution is 2.25. The molecule has 1 heterocycles. The third-order valence-electron chi connectivity index (χ3n) is 6.34. The summed E-state index contributed by atoms with van der Waals surface area (Å²) in [6, 6.07) is 19.4. The molecule has 1 atom stereocenters. The van der Waals surface area contributed by atoms with E-state index in [2.05, 4.69) is 4.72 Å². The van der Waals surface area contributed by atoms with Crippen LogP contribution in [0.5, 0.6) is 0 Å². The molecule has 10 heteroatoms. The molecule has 0 aromatic heterocycles. The fourth-order valence-corrected chi connectivity index (χ4v) is 5.60. The van der Waals surface area contributed by atoms with Gasteiger partial charge >= 0.3 is 0 Å². The molecule has 2 amide bonds. The Kier molecular flexibility index (Phi) is 7.78.